The second-order valence-corrected chi connectivity index (χ2v) is 9.45. The highest BCUT2D eigenvalue weighted by molar-refractivity contribution is 6.21. The fourth-order valence-corrected chi connectivity index (χ4v) is 5.41. The van der Waals surface area contributed by atoms with Gasteiger partial charge in [-0.15, -0.1) is 0 Å². The van der Waals surface area contributed by atoms with Crippen LogP contribution in [0.5, 0.6) is 0 Å². The van der Waals surface area contributed by atoms with Crippen LogP contribution in [-0.4, -0.2) is 9.97 Å². The first-order valence-electron chi connectivity index (χ1n) is 12.8. The van der Waals surface area contributed by atoms with Gasteiger partial charge in [0.1, 0.15) is 0 Å². The molecule has 38 heavy (non-hydrogen) atoms. The zero-order valence-corrected chi connectivity index (χ0v) is 20.8. The molecule has 0 aliphatic carbocycles. The summed E-state index contributed by atoms with van der Waals surface area (Å²) < 4.78 is 0. The number of fused-ring (bicyclic) bond motifs is 2. The van der Waals surface area contributed by atoms with Crippen LogP contribution < -0.4 is 0 Å². The van der Waals surface area contributed by atoms with E-state index in [9.17, 15) is 0 Å². The molecule has 0 aliphatic heterocycles. The Labute approximate surface area is 221 Å². The molecule has 7 rings (SSSR count). The average Bonchev–Trinajstić information content (AvgIpc) is 3.01. The third kappa shape index (κ3) is 3.84. The van der Waals surface area contributed by atoms with Crippen LogP contribution in [0.4, 0.5) is 0 Å². The summed E-state index contributed by atoms with van der Waals surface area (Å²) in [7, 11) is 0. The van der Waals surface area contributed by atoms with Gasteiger partial charge in [-0.2, -0.15) is 0 Å². The smallest absolute Gasteiger partial charge is 0.159 e. The molecular formula is C36H24N2. The molecular weight excluding hydrogens is 460 g/mol. The van der Waals surface area contributed by atoms with Crippen LogP contribution >= 0.6 is 0 Å². The minimum Gasteiger partial charge on any atom is -0.236 e. The van der Waals surface area contributed by atoms with E-state index in [0.717, 1.165) is 22.5 Å². The molecule has 7 aromatic rings. The van der Waals surface area contributed by atoms with Gasteiger partial charge in [0.2, 0.25) is 0 Å². The summed E-state index contributed by atoms with van der Waals surface area (Å²) in [6, 6.07) is 47.0. The molecule has 2 heteroatoms. The Kier molecular flexibility index (Phi) is 5.49. The zero-order valence-electron chi connectivity index (χ0n) is 20.8. The van der Waals surface area contributed by atoms with Gasteiger partial charge in [-0.3, -0.25) is 0 Å². The molecule has 0 bridgehead atoms. The molecule has 0 atom stereocenters. The predicted octanol–water partition coefficient (Wildman–Crippen LogP) is 9.45. The summed E-state index contributed by atoms with van der Waals surface area (Å²) in [4.78, 5) is 9.53. The van der Waals surface area contributed by atoms with E-state index in [1.54, 1.807) is 0 Å². The Morgan fingerprint density at radius 2 is 0.763 bits per heavy atom. The van der Waals surface area contributed by atoms with Crippen LogP contribution in [-0.2, 0) is 0 Å². The maximum Gasteiger partial charge on any atom is 0.159 e. The molecule has 0 N–H and O–H groups in total. The van der Waals surface area contributed by atoms with Crippen LogP contribution in [0.2, 0.25) is 0 Å². The molecule has 0 saturated heterocycles. The lowest BCUT2D eigenvalue weighted by Gasteiger charge is -2.18. The van der Waals surface area contributed by atoms with Gasteiger partial charge < -0.3 is 0 Å². The third-order valence-corrected chi connectivity index (χ3v) is 7.17. The summed E-state index contributed by atoms with van der Waals surface area (Å²) in [6.07, 6.45) is 3.82. The molecule has 1 heterocycles. The summed E-state index contributed by atoms with van der Waals surface area (Å²) in [6.45, 7) is 0. The predicted molar refractivity (Wildman–Crippen MR) is 159 cm³/mol. The first-order chi connectivity index (χ1) is 18.9. The van der Waals surface area contributed by atoms with Gasteiger partial charge in [-0.25, -0.2) is 9.97 Å². The van der Waals surface area contributed by atoms with Gasteiger partial charge in [0.25, 0.3) is 0 Å². The van der Waals surface area contributed by atoms with Gasteiger partial charge in [0, 0.05) is 23.5 Å². The molecule has 0 unspecified atom stereocenters. The number of aromatic nitrogens is 2. The van der Waals surface area contributed by atoms with Crippen molar-refractivity contribution in [3.8, 4) is 44.8 Å². The van der Waals surface area contributed by atoms with E-state index >= 15 is 0 Å². The van der Waals surface area contributed by atoms with Crippen molar-refractivity contribution in [2.24, 2.45) is 0 Å². The van der Waals surface area contributed by atoms with Crippen LogP contribution in [0, 0.1) is 0 Å². The average molecular weight is 485 g/mol. The number of nitrogens with zero attached hydrogens (tertiary/aromatic N) is 2. The summed E-state index contributed by atoms with van der Waals surface area (Å²) in [5, 5.41) is 4.91. The van der Waals surface area contributed by atoms with Gasteiger partial charge in [0.15, 0.2) is 5.82 Å². The molecule has 1 aromatic heterocycles. The molecule has 0 spiro atoms. The SMILES string of the molecule is c1ccc(-c2cnc(-c3ccc4c(-c5ccccc5)c5ccccc5c(-c5ccccc5)c4c3)nc2)cc1. The highest BCUT2D eigenvalue weighted by Gasteiger charge is 2.17. The Morgan fingerprint density at radius 1 is 0.316 bits per heavy atom. The molecule has 178 valence electrons. The molecule has 0 amide bonds. The van der Waals surface area contributed by atoms with E-state index < -0.39 is 0 Å². The van der Waals surface area contributed by atoms with E-state index in [-0.39, 0.29) is 0 Å². The largest absolute Gasteiger partial charge is 0.236 e. The van der Waals surface area contributed by atoms with E-state index in [2.05, 4.69) is 115 Å². The van der Waals surface area contributed by atoms with Crippen molar-refractivity contribution < 1.29 is 0 Å². The number of hydrogen-bond acceptors (Lipinski definition) is 2. The van der Waals surface area contributed by atoms with Crippen molar-refractivity contribution >= 4 is 21.5 Å². The second kappa shape index (κ2) is 9.42. The minimum absolute atomic E-state index is 0.722. The number of benzene rings is 6. The van der Waals surface area contributed by atoms with Crippen molar-refractivity contribution in [3.05, 3.63) is 146 Å². The molecule has 0 saturated carbocycles. The highest BCUT2D eigenvalue weighted by atomic mass is 14.9. The third-order valence-electron chi connectivity index (χ3n) is 7.17. The van der Waals surface area contributed by atoms with Crippen molar-refractivity contribution in [1.82, 2.24) is 9.97 Å². The molecule has 0 fully saturated rings. The van der Waals surface area contributed by atoms with Gasteiger partial charge >= 0.3 is 0 Å². The fraction of sp³-hybridized carbons (Fsp3) is 0. The Balaban J connectivity index is 1.50. The maximum atomic E-state index is 4.77. The van der Waals surface area contributed by atoms with Crippen LogP contribution in [0.15, 0.2) is 146 Å². The first-order valence-corrected chi connectivity index (χ1v) is 12.8. The van der Waals surface area contributed by atoms with Gasteiger partial charge in [0.05, 0.1) is 0 Å². The fourth-order valence-electron chi connectivity index (χ4n) is 5.41. The number of rotatable bonds is 4. The molecule has 0 aliphatic rings. The van der Waals surface area contributed by atoms with Crippen molar-refractivity contribution in [3.63, 3.8) is 0 Å². The maximum absolute atomic E-state index is 4.77. The van der Waals surface area contributed by atoms with Crippen molar-refractivity contribution in [2.45, 2.75) is 0 Å². The van der Waals surface area contributed by atoms with E-state index in [4.69, 9.17) is 9.97 Å². The zero-order chi connectivity index (χ0) is 25.3. The Hall–Kier alpha value is -5.08. The topological polar surface area (TPSA) is 25.8 Å². The van der Waals surface area contributed by atoms with E-state index in [1.807, 2.05) is 30.6 Å². The van der Waals surface area contributed by atoms with Crippen LogP contribution in [0.25, 0.3) is 66.3 Å². The van der Waals surface area contributed by atoms with Crippen LogP contribution in [0.1, 0.15) is 0 Å². The highest BCUT2D eigenvalue weighted by Crippen LogP contribution is 2.44. The Bertz CT molecular complexity index is 1880. The lowest BCUT2D eigenvalue weighted by atomic mass is 9.85. The first kappa shape index (κ1) is 22.1. The molecule has 2 nitrogen and oxygen atoms in total. The molecule has 0 radical (unpaired) electrons. The molecule has 6 aromatic carbocycles. The lowest BCUT2D eigenvalue weighted by Crippen LogP contribution is -1.93. The quantitative estimate of drug-likeness (QED) is 0.233. The summed E-state index contributed by atoms with van der Waals surface area (Å²) >= 11 is 0. The Morgan fingerprint density at radius 3 is 1.32 bits per heavy atom. The van der Waals surface area contributed by atoms with E-state index in [1.165, 1.54) is 43.8 Å². The lowest BCUT2D eigenvalue weighted by molar-refractivity contribution is 1.18. The summed E-state index contributed by atoms with van der Waals surface area (Å²) in [5.74, 6) is 0.722. The minimum atomic E-state index is 0.722. The number of hydrogen-bond donors (Lipinski definition) is 0. The van der Waals surface area contributed by atoms with E-state index in [0.29, 0.717) is 0 Å². The van der Waals surface area contributed by atoms with Crippen LogP contribution in [0.3, 0.4) is 0 Å². The standard InChI is InChI=1S/C36H24N2/c1-4-12-25(13-5-1)29-23-37-36(38-24-29)28-20-21-32-33(22-28)35(27-16-8-3-9-17-27)31-19-11-10-18-30(31)34(32)26-14-6-2-7-15-26/h1-24H. The second-order valence-electron chi connectivity index (χ2n) is 9.45. The van der Waals surface area contributed by atoms with Crippen molar-refractivity contribution in [2.75, 3.05) is 0 Å². The summed E-state index contributed by atoms with van der Waals surface area (Å²) in [5.41, 5.74) is 8.03. The van der Waals surface area contributed by atoms with Gasteiger partial charge in [-0.05, 0) is 55.4 Å². The monoisotopic (exact) mass is 484 g/mol. The van der Waals surface area contributed by atoms with Crippen molar-refractivity contribution in [1.29, 1.82) is 0 Å². The normalized spacial score (nSPS) is 11.2. The van der Waals surface area contributed by atoms with Gasteiger partial charge in [-0.1, -0.05) is 127 Å².